The van der Waals surface area contributed by atoms with Crippen molar-refractivity contribution in [2.24, 2.45) is 5.84 Å². The van der Waals surface area contributed by atoms with Gasteiger partial charge in [0.1, 0.15) is 0 Å². The number of hydrogen-bond donors (Lipinski definition) is 2. The molecular formula is C15H21F3N2O. The van der Waals surface area contributed by atoms with Crippen molar-refractivity contribution in [1.82, 2.24) is 5.43 Å². The molecule has 2 atom stereocenters. The summed E-state index contributed by atoms with van der Waals surface area (Å²) in [6.07, 6.45) is 0.582. The molecule has 0 radical (unpaired) electrons. The van der Waals surface area contributed by atoms with Gasteiger partial charge in [-0.25, -0.2) is 0 Å². The highest BCUT2D eigenvalue weighted by molar-refractivity contribution is 5.25. The topological polar surface area (TPSA) is 47.3 Å². The number of rotatable bonds is 6. The second-order valence-corrected chi connectivity index (χ2v) is 5.47. The van der Waals surface area contributed by atoms with E-state index in [9.17, 15) is 13.2 Å². The van der Waals surface area contributed by atoms with E-state index in [4.69, 9.17) is 10.6 Å². The third-order valence-corrected chi connectivity index (χ3v) is 3.86. The van der Waals surface area contributed by atoms with E-state index in [2.05, 4.69) is 5.43 Å². The predicted octanol–water partition coefficient (Wildman–Crippen LogP) is 3.04. The maximum Gasteiger partial charge on any atom is 0.416 e. The molecule has 2 unspecified atom stereocenters. The number of halogens is 3. The molecule has 0 amide bonds. The van der Waals surface area contributed by atoms with Gasteiger partial charge in [-0.15, -0.1) is 0 Å². The maximum atomic E-state index is 12.5. The van der Waals surface area contributed by atoms with Gasteiger partial charge >= 0.3 is 6.18 Å². The third kappa shape index (κ3) is 4.98. The van der Waals surface area contributed by atoms with Crippen LogP contribution in [0.2, 0.25) is 0 Å². The average Bonchev–Trinajstić information content (AvgIpc) is 2.96. The molecule has 0 aliphatic carbocycles. The molecular weight excluding hydrogens is 281 g/mol. The first-order valence-corrected chi connectivity index (χ1v) is 7.23. The molecule has 118 valence electrons. The monoisotopic (exact) mass is 302 g/mol. The molecule has 2 rings (SSSR count). The van der Waals surface area contributed by atoms with Gasteiger partial charge in [0.15, 0.2) is 0 Å². The van der Waals surface area contributed by atoms with Crippen LogP contribution in [0, 0.1) is 0 Å². The van der Waals surface area contributed by atoms with Crippen molar-refractivity contribution in [3.8, 4) is 0 Å². The van der Waals surface area contributed by atoms with Gasteiger partial charge in [-0.2, -0.15) is 13.2 Å². The molecule has 1 fully saturated rings. The Balaban J connectivity index is 1.85. The molecule has 3 N–H and O–H groups in total. The average molecular weight is 302 g/mol. The van der Waals surface area contributed by atoms with Crippen molar-refractivity contribution < 1.29 is 17.9 Å². The summed E-state index contributed by atoms with van der Waals surface area (Å²) in [6.45, 7) is 0.824. The van der Waals surface area contributed by atoms with Crippen LogP contribution in [0.3, 0.4) is 0 Å². The second-order valence-electron chi connectivity index (χ2n) is 5.47. The lowest BCUT2D eigenvalue weighted by atomic mass is 9.99. The summed E-state index contributed by atoms with van der Waals surface area (Å²) in [7, 11) is 0. The standard InChI is InChI=1S/C15H21F3N2O/c16-15(17,18)12-5-3-11(4-6-12)10-13(20-19)7-8-14-2-1-9-21-14/h3-6,13-14,20H,1-2,7-10,19H2. The van der Waals surface area contributed by atoms with E-state index in [0.29, 0.717) is 12.5 Å². The summed E-state index contributed by atoms with van der Waals surface area (Å²) in [5.41, 5.74) is 2.96. The Bertz CT molecular complexity index is 428. The molecule has 0 spiro atoms. The number of ether oxygens (including phenoxy) is 1. The van der Waals surface area contributed by atoms with E-state index < -0.39 is 11.7 Å². The van der Waals surface area contributed by atoms with Crippen LogP contribution in [0.15, 0.2) is 24.3 Å². The third-order valence-electron chi connectivity index (χ3n) is 3.86. The first-order valence-electron chi connectivity index (χ1n) is 7.23. The Morgan fingerprint density at radius 2 is 2.00 bits per heavy atom. The van der Waals surface area contributed by atoms with Crippen molar-refractivity contribution in [2.45, 2.75) is 50.4 Å². The van der Waals surface area contributed by atoms with Crippen LogP contribution in [-0.4, -0.2) is 18.8 Å². The Kier molecular flexibility index (Phi) is 5.61. The number of nitrogens with two attached hydrogens (primary N) is 1. The van der Waals surface area contributed by atoms with Crippen molar-refractivity contribution >= 4 is 0 Å². The van der Waals surface area contributed by atoms with Gasteiger partial charge in [0, 0.05) is 12.6 Å². The molecule has 0 bridgehead atoms. The quantitative estimate of drug-likeness (QED) is 0.627. The molecule has 1 aliphatic rings. The van der Waals surface area contributed by atoms with Crippen LogP contribution < -0.4 is 11.3 Å². The van der Waals surface area contributed by atoms with Crippen LogP contribution in [0.1, 0.15) is 36.8 Å². The fourth-order valence-electron chi connectivity index (χ4n) is 2.62. The molecule has 0 aromatic heterocycles. The highest BCUT2D eigenvalue weighted by Gasteiger charge is 2.30. The van der Waals surface area contributed by atoms with Crippen LogP contribution in [0.25, 0.3) is 0 Å². The summed E-state index contributed by atoms with van der Waals surface area (Å²) in [5.74, 6) is 5.53. The number of alkyl halides is 3. The fraction of sp³-hybridized carbons (Fsp3) is 0.600. The minimum absolute atomic E-state index is 0.0472. The molecule has 1 heterocycles. The minimum Gasteiger partial charge on any atom is -0.378 e. The maximum absolute atomic E-state index is 12.5. The zero-order valence-electron chi connectivity index (χ0n) is 11.8. The zero-order valence-corrected chi connectivity index (χ0v) is 11.8. The van der Waals surface area contributed by atoms with Crippen molar-refractivity contribution in [1.29, 1.82) is 0 Å². The van der Waals surface area contributed by atoms with Crippen molar-refractivity contribution in [3.05, 3.63) is 35.4 Å². The molecule has 1 aliphatic heterocycles. The molecule has 6 heteroatoms. The second kappa shape index (κ2) is 7.24. The van der Waals surface area contributed by atoms with E-state index in [-0.39, 0.29) is 6.04 Å². The molecule has 3 nitrogen and oxygen atoms in total. The van der Waals surface area contributed by atoms with Gasteiger partial charge in [0.2, 0.25) is 0 Å². The Labute approximate surface area is 122 Å². The van der Waals surface area contributed by atoms with E-state index >= 15 is 0 Å². The smallest absolute Gasteiger partial charge is 0.378 e. The van der Waals surface area contributed by atoms with Gasteiger partial charge in [0.25, 0.3) is 0 Å². The van der Waals surface area contributed by atoms with Crippen LogP contribution in [0.4, 0.5) is 13.2 Å². The lowest BCUT2D eigenvalue weighted by molar-refractivity contribution is -0.137. The summed E-state index contributed by atoms with van der Waals surface area (Å²) in [6, 6.07) is 5.30. The van der Waals surface area contributed by atoms with E-state index in [0.717, 1.165) is 50.0 Å². The molecule has 1 aromatic carbocycles. The first-order chi connectivity index (χ1) is 9.99. The Morgan fingerprint density at radius 1 is 1.29 bits per heavy atom. The Hall–Kier alpha value is -1.11. The van der Waals surface area contributed by atoms with Gasteiger partial charge in [-0.1, -0.05) is 12.1 Å². The lowest BCUT2D eigenvalue weighted by Crippen LogP contribution is -2.37. The van der Waals surface area contributed by atoms with E-state index in [1.54, 1.807) is 0 Å². The summed E-state index contributed by atoms with van der Waals surface area (Å²) in [5, 5.41) is 0. The van der Waals surface area contributed by atoms with Gasteiger partial charge < -0.3 is 4.74 Å². The minimum atomic E-state index is -4.29. The van der Waals surface area contributed by atoms with E-state index in [1.807, 2.05) is 0 Å². The Morgan fingerprint density at radius 3 is 2.52 bits per heavy atom. The largest absolute Gasteiger partial charge is 0.416 e. The molecule has 1 saturated heterocycles. The number of benzene rings is 1. The summed E-state index contributed by atoms with van der Waals surface area (Å²) >= 11 is 0. The zero-order chi connectivity index (χ0) is 15.3. The highest BCUT2D eigenvalue weighted by atomic mass is 19.4. The first kappa shape index (κ1) is 16.3. The fourth-order valence-corrected chi connectivity index (χ4v) is 2.62. The molecule has 1 aromatic rings. The summed E-state index contributed by atoms with van der Waals surface area (Å²) < 4.78 is 43.0. The van der Waals surface area contributed by atoms with Crippen molar-refractivity contribution in [2.75, 3.05) is 6.61 Å². The summed E-state index contributed by atoms with van der Waals surface area (Å²) in [4.78, 5) is 0. The van der Waals surface area contributed by atoms with E-state index in [1.165, 1.54) is 12.1 Å². The molecule has 0 saturated carbocycles. The van der Waals surface area contributed by atoms with Crippen LogP contribution >= 0.6 is 0 Å². The van der Waals surface area contributed by atoms with Gasteiger partial charge in [-0.3, -0.25) is 11.3 Å². The number of hydrazine groups is 1. The highest BCUT2D eigenvalue weighted by Crippen LogP contribution is 2.29. The van der Waals surface area contributed by atoms with Crippen LogP contribution in [-0.2, 0) is 17.3 Å². The van der Waals surface area contributed by atoms with Gasteiger partial charge in [-0.05, 0) is 49.8 Å². The van der Waals surface area contributed by atoms with Crippen molar-refractivity contribution in [3.63, 3.8) is 0 Å². The predicted molar refractivity (Wildman–Crippen MR) is 74.5 cm³/mol. The number of hydrogen-bond acceptors (Lipinski definition) is 3. The SMILES string of the molecule is NNC(CCC1CCCO1)Cc1ccc(C(F)(F)F)cc1. The normalized spacial score (nSPS) is 20.7. The number of nitrogens with one attached hydrogen (secondary N) is 1. The van der Waals surface area contributed by atoms with Crippen LogP contribution in [0.5, 0.6) is 0 Å². The van der Waals surface area contributed by atoms with Gasteiger partial charge in [0.05, 0.1) is 11.7 Å². The lowest BCUT2D eigenvalue weighted by Gasteiger charge is -2.18. The molecule has 21 heavy (non-hydrogen) atoms.